The van der Waals surface area contributed by atoms with Crippen molar-refractivity contribution >= 4 is 17.7 Å². The second kappa shape index (κ2) is 11.0. The summed E-state index contributed by atoms with van der Waals surface area (Å²) in [5.74, 6) is 0.632. The van der Waals surface area contributed by atoms with Gasteiger partial charge in [0.05, 0.1) is 17.2 Å². The molecule has 1 unspecified atom stereocenters. The normalized spacial score (nSPS) is 18.6. The number of halogens is 1. The number of nitrogens with one attached hydrogen (secondary N) is 1. The first kappa shape index (κ1) is 22.9. The van der Waals surface area contributed by atoms with Crippen molar-refractivity contribution in [1.82, 2.24) is 10.2 Å². The van der Waals surface area contributed by atoms with Crippen molar-refractivity contribution in [3.05, 3.63) is 64.7 Å². The van der Waals surface area contributed by atoms with E-state index in [1.807, 2.05) is 36.4 Å². The van der Waals surface area contributed by atoms with Crippen LogP contribution in [0.5, 0.6) is 5.75 Å². The van der Waals surface area contributed by atoms with Crippen LogP contribution >= 0.6 is 11.6 Å². The van der Waals surface area contributed by atoms with Gasteiger partial charge >= 0.3 is 6.09 Å². The van der Waals surface area contributed by atoms with Gasteiger partial charge in [-0.1, -0.05) is 54.4 Å². The van der Waals surface area contributed by atoms with E-state index in [9.17, 15) is 9.90 Å². The average molecular weight is 459 g/mol. The van der Waals surface area contributed by atoms with Crippen molar-refractivity contribution < 1.29 is 19.4 Å². The predicted molar refractivity (Wildman–Crippen MR) is 124 cm³/mol. The Balaban J connectivity index is 1.42. The number of carbonyl (C=O) groups excluding carboxylic acids is 1. The monoisotopic (exact) mass is 458 g/mol. The average Bonchev–Trinajstić information content (AvgIpc) is 3.64. The van der Waals surface area contributed by atoms with E-state index in [2.05, 4.69) is 10.2 Å². The Labute approximate surface area is 194 Å². The number of piperidine rings is 1. The lowest BCUT2D eigenvalue weighted by Gasteiger charge is -2.33. The highest BCUT2D eigenvalue weighted by atomic mass is 35.5. The van der Waals surface area contributed by atoms with Gasteiger partial charge in [-0.25, -0.2) is 4.79 Å². The molecular weight excluding hydrogens is 428 g/mol. The minimum atomic E-state index is -0.923. The fraction of sp³-hybridized carbons (Fsp3) is 0.480. The second-order valence-electron chi connectivity index (χ2n) is 8.63. The number of amides is 1. The van der Waals surface area contributed by atoms with E-state index >= 15 is 0 Å². The number of hydrogen-bond acceptors (Lipinski definition) is 5. The molecule has 1 amide bonds. The molecule has 0 spiro atoms. The fourth-order valence-electron chi connectivity index (χ4n) is 3.96. The maximum Gasteiger partial charge on any atom is 0.407 e. The van der Waals surface area contributed by atoms with Gasteiger partial charge in [-0.05, 0) is 62.0 Å². The second-order valence-corrected chi connectivity index (χ2v) is 9.03. The van der Waals surface area contributed by atoms with E-state index in [0.717, 1.165) is 44.3 Å². The van der Waals surface area contributed by atoms with Crippen LogP contribution in [0.2, 0.25) is 5.02 Å². The Morgan fingerprint density at radius 2 is 1.88 bits per heavy atom. The van der Waals surface area contributed by atoms with Crippen molar-refractivity contribution in [2.75, 3.05) is 19.6 Å². The lowest BCUT2D eigenvalue weighted by Crippen LogP contribution is -2.48. The maximum atomic E-state index is 12.5. The first-order valence-electron chi connectivity index (χ1n) is 11.4. The van der Waals surface area contributed by atoms with E-state index in [1.165, 1.54) is 6.42 Å². The third kappa shape index (κ3) is 6.61. The van der Waals surface area contributed by atoms with Gasteiger partial charge in [0.2, 0.25) is 0 Å². The van der Waals surface area contributed by atoms with E-state index in [1.54, 1.807) is 12.1 Å². The minimum absolute atomic E-state index is 0.179. The van der Waals surface area contributed by atoms with Gasteiger partial charge in [0, 0.05) is 6.54 Å². The number of nitrogens with zero attached hydrogens (tertiary/aromatic N) is 1. The molecule has 2 aliphatic rings. The van der Waals surface area contributed by atoms with E-state index in [4.69, 9.17) is 21.1 Å². The molecule has 2 aromatic carbocycles. The molecule has 1 heterocycles. The summed E-state index contributed by atoms with van der Waals surface area (Å²) < 4.78 is 11.2. The first-order valence-corrected chi connectivity index (χ1v) is 11.8. The Hall–Kier alpha value is -2.28. The molecule has 7 heteroatoms. The number of alkyl carbamates (subject to hydrolysis) is 1. The minimum Gasteiger partial charge on any atom is -0.489 e. The largest absolute Gasteiger partial charge is 0.489 e. The topological polar surface area (TPSA) is 71.0 Å². The van der Waals surface area contributed by atoms with Crippen LogP contribution in [-0.2, 0) is 11.3 Å². The molecule has 2 atom stereocenters. The summed E-state index contributed by atoms with van der Waals surface area (Å²) in [6.45, 7) is 2.63. The highest BCUT2D eigenvalue weighted by Crippen LogP contribution is 2.34. The quantitative estimate of drug-likeness (QED) is 0.570. The lowest BCUT2D eigenvalue weighted by atomic mass is 10.0. The number of carbonyl (C=O) groups is 1. The van der Waals surface area contributed by atoms with Crippen molar-refractivity contribution in [2.45, 2.75) is 57.0 Å². The van der Waals surface area contributed by atoms with Gasteiger partial charge in [-0.3, -0.25) is 0 Å². The zero-order chi connectivity index (χ0) is 22.3. The summed E-state index contributed by atoms with van der Waals surface area (Å²) in [5, 5.41) is 14.5. The number of hydrogen-bond donors (Lipinski definition) is 2. The van der Waals surface area contributed by atoms with Crippen LogP contribution in [0.1, 0.15) is 49.3 Å². The summed E-state index contributed by atoms with van der Waals surface area (Å²) >= 11 is 6.41. The Kier molecular flexibility index (Phi) is 7.90. The van der Waals surface area contributed by atoms with Crippen molar-refractivity contribution in [3.63, 3.8) is 0 Å². The summed E-state index contributed by atoms with van der Waals surface area (Å²) in [4.78, 5) is 14.8. The van der Waals surface area contributed by atoms with Crippen LogP contribution in [0.25, 0.3) is 0 Å². The zero-order valence-electron chi connectivity index (χ0n) is 18.2. The smallest absolute Gasteiger partial charge is 0.407 e. The standard InChI is InChI=1S/C25H31ClN2O4/c26-21-15-19(9-12-23(21)32-20-10-11-20)24(29)22(16-28-13-5-2-6-14-28)27-25(30)31-17-18-7-3-1-4-8-18/h1,3-4,7-9,12,15,20,22,24,29H,2,5-6,10-11,13-14,16-17H2,(H,27,30)/t22-,24?/m1/s1. The van der Waals surface area contributed by atoms with Crippen molar-refractivity contribution in [1.29, 1.82) is 0 Å². The fourth-order valence-corrected chi connectivity index (χ4v) is 4.19. The molecule has 0 aromatic heterocycles. The molecule has 2 fully saturated rings. The first-order chi connectivity index (χ1) is 15.6. The van der Waals surface area contributed by atoms with Gasteiger partial charge < -0.3 is 24.8 Å². The molecule has 0 radical (unpaired) electrons. The highest BCUT2D eigenvalue weighted by molar-refractivity contribution is 6.32. The van der Waals surface area contributed by atoms with Crippen molar-refractivity contribution in [2.24, 2.45) is 0 Å². The zero-order valence-corrected chi connectivity index (χ0v) is 19.0. The van der Waals surface area contributed by atoms with E-state index in [-0.39, 0.29) is 12.7 Å². The molecule has 1 aliphatic heterocycles. The number of aliphatic hydroxyl groups is 1. The Bertz CT molecular complexity index is 885. The molecule has 1 aliphatic carbocycles. The lowest BCUT2D eigenvalue weighted by molar-refractivity contribution is 0.0800. The third-order valence-electron chi connectivity index (χ3n) is 5.92. The molecule has 2 aromatic rings. The van der Waals surface area contributed by atoms with Crippen LogP contribution in [0.3, 0.4) is 0 Å². The SMILES string of the molecule is O=C(N[C@H](CN1CCCCC1)C(O)c1ccc(OC2CC2)c(Cl)c1)OCc1ccccc1. The molecular formula is C25H31ClN2O4. The summed E-state index contributed by atoms with van der Waals surface area (Å²) in [6.07, 6.45) is 4.34. The van der Waals surface area contributed by atoms with Gasteiger partial charge in [-0.15, -0.1) is 0 Å². The van der Waals surface area contributed by atoms with Crippen LogP contribution in [0, 0.1) is 0 Å². The molecule has 6 nitrogen and oxygen atoms in total. The third-order valence-corrected chi connectivity index (χ3v) is 6.21. The number of rotatable bonds is 9. The molecule has 32 heavy (non-hydrogen) atoms. The van der Waals surface area contributed by atoms with Crippen LogP contribution in [-0.4, -0.2) is 47.9 Å². The van der Waals surface area contributed by atoms with E-state index < -0.39 is 18.2 Å². The number of benzene rings is 2. The van der Waals surface area contributed by atoms with Crippen LogP contribution in [0.15, 0.2) is 48.5 Å². The number of aliphatic hydroxyl groups excluding tert-OH is 1. The molecule has 1 saturated carbocycles. The Morgan fingerprint density at radius 3 is 2.56 bits per heavy atom. The van der Waals surface area contributed by atoms with E-state index in [0.29, 0.717) is 22.9 Å². The van der Waals surface area contributed by atoms with Crippen molar-refractivity contribution in [3.8, 4) is 5.75 Å². The van der Waals surface area contributed by atoms with Gasteiger partial charge in [0.15, 0.2) is 0 Å². The van der Waals surface area contributed by atoms with Crippen LogP contribution in [0.4, 0.5) is 4.79 Å². The molecule has 172 valence electrons. The number of ether oxygens (including phenoxy) is 2. The number of likely N-dealkylation sites (tertiary alicyclic amines) is 1. The van der Waals surface area contributed by atoms with Gasteiger partial charge in [0.25, 0.3) is 0 Å². The molecule has 4 rings (SSSR count). The van der Waals surface area contributed by atoms with Crippen LogP contribution < -0.4 is 10.1 Å². The summed E-state index contributed by atoms with van der Waals surface area (Å²) in [6, 6.07) is 14.3. The summed E-state index contributed by atoms with van der Waals surface area (Å²) in [5.41, 5.74) is 1.55. The molecule has 2 N–H and O–H groups in total. The maximum absolute atomic E-state index is 12.5. The van der Waals surface area contributed by atoms with Gasteiger partial charge in [0.1, 0.15) is 18.5 Å². The summed E-state index contributed by atoms with van der Waals surface area (Å²) in [7, 11) is 0. The van der Waals surface area contributed by atoms with Gasteiger partial charge in [-0.2, -0.15) is 0 Å². The Morgan fingerprint density at radius 1 is 1.12 bits per heavy atom. The molecule has 1 saturated heterocycles. The predicted octanol–water partition coefficient (Wildman–Crippen LogP) is 4.70. The highest BCUT2D eigenvalue weighted by Gasteiger charge is 2.28. The molecule has 0 bridgehead atoms.